The molecule has 1 saturated carbocycles. The fourth-order valence-corrected chi connectivity index (χ4v) is 2.28. The van der Waals surface area contributed by atoms with Crippen LogP contribution in [0.15, 0.2) is 48.5 Å². The van der Waals surface area contributed by atoms with Crippen LogP contribution in [0, 0.1) is 5.82 Å². The van der Waals surface area contributed by atoms with E-state index in [9.17, 15) is 4.39 Å². The molecule has 0 aromatic heterocycles. The molecule has 2 aromatic carbocycles. The van der Waals surface area contributed by atoms with Crippen LogP contribution in [0.25, 0.3) is 0 Å². The predicted octanol–water partition coefficient (Wildman–Crippen LogP) is 3.38. The number of benzene rings is 2. The molecule has 2 nitrogen and oxygen atoms in total. The summed E-state index contributed by atoms with van der Waals surface area (Å²) in [6, 6.07) is 15.1. The minimum absolute atomic E-state index is 0.261. The van der Waals surface area contributed by atoms with E-state index >= 15 is 0 Å². The SMILES string of the molecule is Nc1ccc(F)cc1NC1CC1c1ccccc1. The zero-order valence-corrected chi connectivity index (χ0v) is 9.94. The van der Waals surface area contributed by atoms with Gasteiger partial charge in [-0.15, -0.1) is 0 Å². The van der Waals surface area contributed by atoms with Crippen LogP contribution in [0.4, 0.5) is 15.8 Å². The fraction of sp³-hybridized carbons (Fsp3) is 0.200. The molecule has 1 fully saturated rings. The second-order valence-electron chi connectivity index (χ2n) is 4.74. The first-order valence-corrected chi connectivity index (χ1v) is 6.10. The highest BCUT2D eigenvalue weighted by molar-refractivity contribution is 5.67. The number of nitrogens with one attached hydrogen (secondary N) is 1. The minimum atomic E-state index is -0.261. The summed E-state index contributed by atoms with van der Waals surface area (Å²) < 4.78 is 13.1. The van der Waals surface area contributed by atoms with Gasteiger partial charge < -0.3 is 11.1 Å². The van der Waals surface area contributed by atoms with Crippen LogP contribution in [0.2, 0.25) is 0 Å². The summed E-state index contributed by atoms with van der Waals surface area (Å²) in [5.74, 6) is 0.248. The maximum absolute atomic E-state index is 13.1. The Labute approximate surface area is 106 Å². The van der Waals surface area contributed by atoms with Crippen molar-refractivity contribution in [3.63, 3.8) is 0 Å². The van der Waals surface area contributed by atoms with Crippen LogP contribution >= 0.6 is 0 Å². The van der Waals surface area contributed by atoms with Crippen LogP contribution in [-0.4, -0.2) is 6.04 Å². The van der Waals surface area contributed by atoms with Crippen molar-refractivity contribution in [2.45, 2.75) is 18.4 Å². The van der Waals surface area contributed by atoms with Gasteiger partial charge in [0.15, 0.2) is 0 Å². The van der Waals surface area contributed by atoms with Gasteiger partial charge in [-0.2, -0.15) is 0 Å². The number of nitrogen functional groups attached to an aromatic ring is 1. The first-order chi connectivity index (χ1) is 8.74. The van der Waals surface area contributed by atoms with Gasteiger partial charge in [-0.1, -0.05) is 30.3 Å². The van der Waals surface area contributed by atoms with Crippen molar-refractivity contribution in [1.82, 2.24) is 0 Å². The lowest BCUT2D eigenvalue weighted by atomic mass is 10.1. The molecule has 18 heavy (non-hydrogen) atoms. The van der Waals surface area contributed by atoms with Crippen LogP contribution < -0.4 is 11.1 Å². The highest BCUT2D eigenvalue weighted by Gasteiger charge is 2.38. The summed E-state index contributed by atoms with van der Waals surface area (Å²) in [4.78, 5) is 0. The molecule has 0 heterocycles. The second-order valence-corrected chi connectivity index (χ2v) is 4.74. The van der Waals surface area contributed by atoms with Crippen LogP contribution in [0.1, 0.15) is 17.9 Å². The normalized spacial score (nSPS) is 21.6. The maximum atomic E-state index is 13.1. The molecule has 0 aliphatic heterocycles. The van der Waals surface area contributed by atoms with Crippen molar-refractivity contribution < 1.29 is 4.39 Å². The summed E-state index contributed by atoms with van der Waals surface area (Å²) in [7, 11) is 0. The lowest BCUT2D eigenvalue weighted by Gasteiger charge is -2.09. The molecule has 1 aliphatic rings. The third-order valence-corrected chi connectivity index (χ3v) is 3.37. The van der Waals surface area contributed by atoms with Crippen molar-refractivity contribution in [2.24, 2.45) is 0 Å². The van der Waals surface area contributed by atoms with E-state index in [2.05, 4.69) is 17.4 Å². The van der Waals surface area contributed by atoms with E-state index in [1.807, 2.05) is 18.2 Å². The quantitative estimate of drug-likeness (QED) is 0.810. The van der Waals surface area contributed by atoms with Crippen molar-refractivity contribution in [2.75, 3.05) is 11.1 Å². The number of halogens is 1. The molecule has 0 radical (unpaired) electrons. The monoisotopic (exact) mass is 242 g/mol. The highest BCUT2D eigenvalue weighted by Crippen LogP contribution is 2.43. The summed E-state index contributed by atoms with van der Waals surface area (Å²) >= 11 is 0. The Morgan fingerprint density at radius 3 is 2.67 bits per heavy atom. The zero-order valence-electron chi connectivity index (χ0n) is 9.94. The second kappa shape index (κ2) is 4.33. The number of rotatable bonds is 3. The Morgan fingerprint density at radius 1 is 1.11 bits per heavy atom. The molecule has 3 rings (SSSR count). The van der Waals surface area contributed by atoms with Crippen molar-refractivity contribution in [3.8, 4) is 0 Å². The molecule has 2 unspecified atom stereocenters. The largest absolute Gasteiger partial charge is 0.397 e. The zero-order chi connectivity index (χ0) is 12.5. The molecule has 2 atom stereocenters. The molecule has 0 saturated heterocycles. The summed E-state index contributed by atoms with van der Waals surface area (Å²) in [6.07, 6.45) is 1.07. The Bertz CT molecular complexity index is 554. The Balaban J connectivity index is 1.71. The van der Waals surface area contributed by atoms with Gasteiger partial charge in [0, 0.05) is 12.0 Å². The van der Waals surface area contributed by atoms with Gasteiger partial charge in [0.05, 0.1) is 11.4 Å². The van der Waals surface area contributed by atoms with Crippen LogP contribution in [-0.2, 0) is 0 Å². The van der Waals surface area contributed by atoms with E-state index in [-0.39, 0.29) is 5.82 Å². The lowest BCUT2D eigenvalue weighted by Crippen LogP contribution is -2.06. The summed E-state index contributed by atoms with van der Waals surface area (Å²) in [6.45, 7) is 0. The van der Waals surface area contributed by atoms with Crippen molar-refractivity contribution in [1.29, 1.82) is 0 Å². The Hall–Kier alpha value is -2.03. The third-order valence-electron chi connectivity index (χ3n) is 3.37. The van der Waals surface area contributed by atoms with Crippen molar-refractivity contribution >= 4 is 11.4 Å². The van der Waals surface area contributed by atoms with E-state index in [0.29, 0.717) is 23.3 Å². The van der Waals surface area contributed by atoms with Gasteiger partial charge in [-0.3, -0.25) is 0 Å². The molecular formula is C15H15FN2. The minimum Gasteiger partial charge on any atom is -0.397 e. The maximum Gasteiger partial charge on any atom is 0.125 e. The summed E-state index contributed by atoms with van der Waals surface area (Å²) in [5, 5.41) is 3.31. The molecule has 1 aliphatic carbocycles. The smallest absolute Gasteiger partial charge is 0.125 e. The highest BCUT2D eigenvalue weighted by atomic mass is 19.1. The van der Waals surface area contributed by atoms with Gasteiger partial charge in [-0.05, 0) is 30.2 Å². The molecule has 0 bridgehead atoms. The van der Waals surface area contributed by atoms with E-state index in [1.54, 1.807) is 6.07 Å². The lowest BCUT2D eigenvalue weighted by molar-refractivity contribution is 0.628. The molecule has 2 aromatic rings. The standard InChI is InChI=1S/C15H15FN2/c16-11-6-7-13(17)15(8-11)18-14-9-12(14)10-4-2-1-3-5-10/h1-8,12,14,18H,9,17H2. The molecule has 0 spiro atoms. The molecule has 0 amide bonds. The van der Waals surface area contributed by atoms with E-state index in [1.165, 1.54) is 17.7 Å². The van der Waals surface area contributed by atoms with E-state index < -0.39 is 0 Å². The number of anilines is 2. The van der Waals surface area contributed by atoms with Gasteiger partial charge >= 0.3 is 0 Å². The summed E-state index contributed by atoms with van der Waals surface area (Å²) in [5.41, 5.74) is 8.43. The van der Waals surface area contributed by atoms with Gasteiger partial charge in [0.25, 0.3) is 0 Å². The Kier molecular flexibility index (Phi) is 2.67. The van der Waals surface area contributed by atoms with E-state index in [0.717, 1.165) is 6.42 Å². The number of hydrogen-bond donors (Lipinski definition) is 2. The van der Waals surface area contributed by atoms with Gasteiger partial charge in [-0.25, -0.2) is 4.39 Å². The molecule has 3 N–H and O–H groups in total. The average molecular weight is 242 g/mol. The Morgan fingerprint density at radius 2 is 1.89 bits per heavy atom. The molecule has 92 valence electrons. The fourth-order valence-electron chi connectivity index (χ4n) is 2.28. The van der Waals surface area contributed by atoms with Gasteiger partial charge in [0.2, 0.25) is 0 Å². The van der Waals surface area contributed by atoms with Crippen LogP contribution in [0.5, 0.6) is 0 Å². The van der Waals surface area contributed by atoms with Gasteiger partial charge in [0.1, 0.15) is 5.82 Å². The number of nitrogens with two attached hydrogens (primary N) is 1. The molecule has 3 heteroatoms. The van der Waals surface area contributed by atoms with E-state index in [4.69, 9.17) is 5.73 Å². The average Bonchev–Trinajstić information content (AvgIpc) is 3.14. The first kappa shape index (κ1) is 11.1. The number of hydrogen-bond acceptors (Lipinski definition) is 2. The third kappa shape index (κ3) is 2.16. The van der Waals surface area contributed by atoms with Crippen LogP contribution in [0.3, 0.4) is 0 Å². The van der Waals surface area contributed by atoms with Crippen molar-refractivity contribution in [3.05, 3.63) is 59.9 Å². The topological polar surface area (TPSA) is 38.0 Å². The molecular weight excluding hydrogens is 227 g/mol. The predicted molar refractivity (Wildman–Crippen MR) is 72.0 cm³/mol. The first-order valence-electron chi connectivity index (χ1n) is 6.10.